The van der Waals surface area contributed by atoms with E-state index in [0.29, 0.717) is 17.6 Å². The van der Waals surface area contributed by atoms with Gasteiger partial charge in [0.2, 0.25) is 0 Å². The summed E-state index contributed by atoms with van der Waals surface area (Å²) in [6.45, 7) is 0. The van der Waals surface area contributed by atoms with Crippen molar-refractivity contribution in [3.05, 3.63) is 0 Å². The molecule has 1 nitrogen and oxygen atoms in total. The molecule has 58 valence electrons. The fourth-order valence-electron chi connectivity index (χ4n) is 4.66. The lowest BCUT2D eigenvalue weighted by Crippen LogP contribution is -2.38. The van der Waals surface area contributed by atoms with Crippen LogP contribution in [0, 0.1) is 35.5 Å². The largest absolute Gasteiger partial charge is 0.299 e. The first-order chi connectivity index (χ1) is 5.36. The minimum atomic E-state index is 0.550. The third-order valence-electron chi connectivity index (χ3n) is 4.96. The van der Waals surface area contributed by atoms with Crippen molar-refractivity contribution >= 4 is 5.78 Å². The molecule has 0 aromatic rings. The standard InChI is InChI=1S/C10H12O/c11-10-7-2-4-1-5-8(10)3-6(7)9(4)5/h4-9H,1-3H2. The lowest BCUT2D eigenvalue weighted by atomic mass is 9.64. The number of Topliss-reactive ketones (excluding diaryl/α,β-unsaturated/α-hetero) is 1. The molecular weight excluding hydrogens is 136 g/mol. The fraction of sp³-hybridized carbons (Fsp3) is 0.900. The van der Waals surface area contributed by atoms with Gasteiger partial charge in [-0.3, -0.25) is 4.79 Å². The summed E-state index contributed by atoms with van der Waals surface area (Å²) < 4.78 is 0. The Morgan fingerprint density at radius 3 is 2.64 bits per heavy atom. The highest BCUT2D eigenvalue weighted by Gasteiger charge is 2.69. The van der Waals surface area contributed by atoms with Crippen molar-refractivity contribution in [3.8, 4) is 0 Å². The van der Waals surface area contributed by atoms with E-state index in [0.717, 1.165) is 23.7 Å². The molecule has 4 aliphatic carbocycles. The Kier molecular flexibility index (Phi) is 0.630. The summed E-state index contributed by atoms with van der Waals surface area (Å²) in [6, 6.07) is 0. The molecule has 0 saturated heterocycles. The molecule has 0 radical (unpaired) electrons. The summed E-state index contributed by atoms with van der Waals surface area (Å²) in [5.41, 5.74) is 0. The van der Waals surface area contributed by atoms with Crippen LogP contribution in [0.4, 0.5) is 0 Å². The Bertz CT molecular complexity index is 252. The molecule has 0 amide bonds. The molecular formula is C10H12O. The van der Waals surface area contributed by atoms with Crippen LogP contribution < -0.4 is 0 Å². The second-order valence-electron chi connectivity index (χ2n) is 4.99. The van der Waals surface area contributed by atoms with Gasteiger partial charge in [0, 0.05) is 11.8 Å². The Morgan fingerprint density at radius 2 is 1.73 bits per heavy atom. The van der Waals surface area contributed by atoms with Gasteiger partial charge in [-0.1, -0.05) is 0 Å². The highest BCUT2D eigenvalue weighted by molar-refractivity contribution is 5.88. The highest BCUT2D eigenvalue weighted by Crippen LogP contribution is 2.71. The van der Waals surface area contributed by atoms with E-state index in [1.165, 1.54) is 19.3 Å². The number of rotatable bonds is 0. The Morgan fingerprint density at radius 1 is 1.00 bits per heavy atom. The van der Waals surface area contributed by atoms with Gasteiger partial charge in [-0.05, 0) is 42.9 Å². The molecule has 1 heteroatoms. The number of ketones is 1. The van der Waals surface area contributed by atoms with Gasteiger partial charge in [-0.25, -0.2) is 0 Å². The molecule has 0 aromatic heterocycles. The number of hydrogen-bond acceptors (Lipinski definition) is 1. The van der Waals surface area contributed by atoms with Gasteiger partial charge in [0.15, 0.2) is 0 Å². The van der Waals surface area contributed by atoms with Crippen molar-refractivity contribution in [2.75, 3.05) is 0 Å². The van der Waals surface area contributed by atoms with Crippen molar-refractivity contribution in [2.24, 2.45) is 35.5 Å². The van der Waals surface area contributed by atoms with E-state index in [1.807, 2.05) is 0 Å². The van der Waals surface area contributed by atoms with Gasteiger partial charge < -0.3 is 0 Å². The first-order valence-electron chi connectivity index (χ1n) is 4.90. The maximum atomic E-state index is 11.7. The predicted molar refractivity (Wildman–Crippen MR) is 39.8 cm³/mol. The second-order valence-corrected chi connectivity index (χ2v) is 4.99. The molecule has 4 rings (SSSR count). The number of carbonyl (C=O) groups excluding carboxylic acids is 1. The van der Waals surface area contributed by atoms with Gasteiger partial charge in [0.25, 0.3) is 0 Å². The molecule has 4 fully saturated rings. The molecule has 0 spiro atoms. The van der Waals surface area contributed by atoms with Gasteiger partial charge in [0.05, 0.1) is 0 Å². The Balaban J connectivity index is 1.96. The van der Waals surface area contributed by atoms with Crippen molar-refractivity contribution in [1.82, 2.24) is 0 Å². The quantitative estimate of drug-likeness (QED) is 0.508. The van der Waals surface area contributed by atoms with Crippen molar-refractivity contribution in [1.29, 1.82) is 0 Å². The van der Waals surface area contributed by atoms with E-state index in [-0.39, 0.29) is 0 Å². The van der Waals surface area contributed by atoms with Gasteiger partial charge in [0.1, 0.15) is 5.78 Å². The maximum absolute atomic E-state index is 11.7. The van der Waals surface area contributed by atoms with Crippen molar-refractivity contribution < 1.29 is 4.79 Å². The summed E-state index contributed by atoms with van der Waals surface area (Å²) in [7, 11) is 0. The summed E-state index contributed by atoms with van der Waals surface area (Å²) in [6.07, 6.45) is 3.98. The summed E-state index contributed by atoms with van der Waals surface area (Å²) in [4.78, 5) is 11.7. The minimum Gasteiger partial charge on any atom is -0.299 e. The third-order valence-corrected chi connectivity index (χ3v) is 4.96. The predicted octanol–water partition coefficient (Wildman–Crippen LogP) is 1.48. The van der Waals surface area contributed by atoms with Gasteiger partial charge in [-0.2, -0.15) is 0 Å². The average Bonchev–Trinajstić information content (AvgIpc) is 2.33. The molecule has 6 unspecified atom stereocenters. The number of carbonyl (C=O) groups is 1. The zero-order chi connectivity index (χ0) is 7.16. The molecule has 11 heavy (non-hydrogen) atoms. The van der Waals surface area contributed by atoms with Crippen molar-refractivity contribution in [3.63, 3.8) is 0 Å². The lowest BCUT2D eigenvalue weighted by molar-refractivity contribution is -0.128. The molecule has 4 saturated carbocycles. The second kappa shape index (κ2) is 1.30. The van der Waals surface area contributed by atoms with Gasteiger partial charge in [-0.15, -0.1) is 0 Å². The van der Waals surface area contributed by atoms with E-state index in [9.17, 15) is 4.79 Å². The Labute approximate surface area is 66.2 Å². The van der Waals surface area contributed by atoms with Crippen LogP contribution >= 0.6 is 0 Å². The SMILES string of the molecule is O=C1C2CC3C1CC1CC2C13. The monoisotopic (exact) mass is 148 g/mol. The normalized spacial score (nSPS) is 68.9. The molecule has 0 heterocycles. The van der Waals surface area contributed by atoms with E-state index in [1.54, 1.807) is 0 Å². The molecule has 6 atom stereocenters. The van der Waals surface area contributed by atoms with Crippen LogP contribution in [-0.4, -0.2) is 5.78 Å². The van der Waals surface area contributed by atoms with Crippen LogP contribution in [0.25, 0.3) is 0 Å². The van der Waals surface area contributed by atoms with Crippen molar-refractivity contribution in [2.45, 2.75) is 19.3 Å². The lowest BCUT2D eigenvalue weighted by Gasteiger charge is -2.40. The molecule has 0 aromatic carbocycles. The van der Waals surface area contributed by atoms with Crippen LogP contribution in [0.5, 0.6) is 0 Å². The van der Waals surface area contributed by atoms with Crippen LogP contribution in [-0.2, 0) is 4.79 Å². The fourth-order valence-corrected chi connectivity index (χ4v) is 4.66. The highest BCUT2D eigenvalue weighted by atomic mass is 16.1. The van der Waals surface area contributed by atoms with Crippen LogP contribution in [0.15, 0.2) is 0 Å². The average molecular weight is 148 g/mol. The van der Waals surface area contributed by atoms with Crippen LogP contribution in [0.3, 0.4) is 0 Å². The van der Waals surface area contributed by atoms with E-state index in [4.69, 9.17) is 0 Å². The molecule has 4 aliphatic rings. The van der Waals surface area contributed by atoms with Crippen LogP contribution in [0.2, 0.25) is 0 Å². The van der Waals surface area contributed by atoms with E-state index < -0.39 is 0 Å². The first-order valence-corrected chi connectivity index (χ1v) is 4.90. The van der Waals surface area contributed by atoms with E-state index >= 15 is 0 Å². The topological polar surface area (TPSA) is 17.1 Å². The molecule has 2 bridgehead atoms. The maximum Gasteiger partial charge on any atom is 0.139 e. The molecule has 0 N–H and O–H groups in total. The number of hydrogen-bond donors (Lipinski definition) is 0. The summed E-state index contributed by atoms with van der Waals surface area (Å²) >= 11 is 0. The van der Waals surface area contributed by atoms with E-state index in [2.05, 4.69) is 0 Å². The van der Waals surface area contributed by atoms with Gasteiger partial charge >= 0.3 is 0 Å². The smallest absolute Gasteiger partial charge is 0.139 e. The first kappa shape index (κ1) is 5.34. The molecule has 0 aliphatic heterocycles. The zero-order valence-corrected chi connectivity index (χ0v) is 6.49. The van der Waals surface area contributed by atoms with Crippen LogP contribution in [0.1, 0.15) is 19.3 Å². The third kappa shape index (κ3) is 0.361. The summed E-state index contributed by atoms with van der Waals surface area (Å²) in [5.74, 6) is 5.53. The minimum absolute atomic E-state index is 0.550. The zero-order valence-electron chi connectivity index (χ0n) is 6.49. The number of fused-ring (bicyclic) bond motifs is 2. The Hall–Kier alpha value is -0.330. The summed E-state index contributed by atoms with van der Waals surface area (Å²) in [5, 5.41) is 0.